The Labute approximate surface area is 108 Å². The molecule has 3 nitrogen and oxygen atoms in total. The number of hydrogen-bond acceptors (Lipinski definition) is 3. The predicted octanol–water partition coefficient (Wildman–Crippen LogP) is 2.74. The molecule has 0 fully saturated rings. The molecular formula is C15H18N2O. The average Bonchev–Trinajstić information content (AvgIpc) is 2.35. The van der Waals surface area contributed by atoms with Crippen molar-refractivity contribution in [1.29, 1.82) is 0 Å². The number of benzene rings is 1. The fourth-order valence-corrected chi connectivity index (χ4v) is 1.96. The van der Waals surface area contributed by atoms with E-state index in [1.165, 1.54) is 11.1 Å². The number of hydrogen-bond donors (Lipinski definition) is 1. The van der Waals surface area contributed by atoms with Gasteiger partial charge < -0.3 is 10.5 Å². The predicted molar refractivity (Wildman–Crippen MR) is 72.4 cm³/mol. The minimum Gasteiger partial charge on any atom is -0.487 e. The summed E-state index contributed by atoms with van der Waals surface area (Å²) in [6.07, 6.45) is 1.76. The second-order valence-corrected chi connectivity index (χ2v) is 4.43. The summed E-state index contributed by atoms with van der Waals surface area (Å²) in [6, 6.07) is 10.0. The number of pyridine rings is 1. The van der Waals surface area contributed by atoms with Crippen LogP contribution in [0.15, 0.2) is 36.5 Å². The summed E-state index contributed by atoms with van der Waals surface area (Å²) in [5.41, 5.74) is 10.0. The highest BCUT2D eigenvalue weighted by Gasteiger charge is 2.03. The lowest BCUT2D eigenvalue weighted by atomic mass is 10.1. The Morgan fingerprint density at radius 3 is 2.56 bits per heavy atom. The van der Waals surface area contributed by atoms with Gasteiger partial charge in [0.05, 0.1) is 5.69 Å². The molecule has 0 spiro atoms. The summed E-state index contributed by atoms with van der Waals surface area (Å²) in [7, 11) is 0. The summed E-state index contributed by atoms with van der Waals surface area (Å²) in [5.74, 6) is 0.876. The number of aryl methyl sites for hydroxylation is 2. The van der Waals surface area contributed by atoms with E-state index in [4.69, 9.17) is 10.5 Å². The normalized spacial score (nSPS) is 10.4. The first-order chi connectivity index (χ1) is 8.69. The quantitative estimate of drug-likeness (QED) is 0.896. The van der Waals surface area contributed by atoms with Crippen molar-refractivity contribution in [3.8, 4) is 5.75 Å². The van der Waals surface area contributed by atoms with Crippen molar-refractivity contribution in [3.63, 3.8) is 0 Å². The number of rotatable bonds is 4. The molecule has 0 aliphatic rings. The third-order valence-electron chi connectivity index (χ3n) is 2.78. The number of aromatic nitrogens is 1. The van der Waals surface area contributed by atoms with Gasteiger partial charge in [-0.3, -0.25) is 4.98 Å². The third-order valence-corrected chi connectivity index (χ3v) is 2.78. The first-order valence-corrected chi connectivity index (χ1v) is 6.03. The molecule has 0 bridgehead atoms. The highest BCUT2D eigenvalue weighted by atomic mass is 16.5. The van der Waals surface area contributed by atoms with Crippen molar-refractivity contribution in [1.82, 2.24) is 4.98 Å². The van der Waals surface area contributed by atoms with Crippen LogP contribution in [0, 0.1) is 13.8 Å². The molecular weight excluding hydrogens is 224 g/mol. The van der Waals surface area contributed by atoms with Crippen LogP contribution in [0.2, 0.25) is 0 Å². The van der Waals surface area contributed by atoms with E-state index in [-0.39, 0.29) is 0 Å². The van der Waals surface area contributed by atoms with E-state index in [1.807, 2.05) is 24.3 Å². The second-order valence-electron chi connectivity index (χ2n) is 4.43. The Kier molecular flexibility index (Phi) is 3.95. The fourth-order valence-electron chi connectivity index (χ4n) is 1.96. The standard InChI is InChI=1S/C15H18N2O/c1-11-6-12(2)8-14(7-11)18-10-15-13(9-16)4-3-5-17-15/h3-8H,9-10,16H2,1-2H3. The number of nitrogens with zero attached hydrogens (tertiary/aromatic N) is 1. The molecule has 0 saturated carbocycles. The molecule has 0 saturated heterocycles. The van der Waals surface area contributed by atoms with E-state index in [0.29, 0.717) is 13.2 Å². The zero-order chi connectivity index (χ0) is 13.0. The van der Waals surface area contributed by atoms with Gasteiger partial charge in [-0.15, -0.1) is 0 Å². The summed E-state index contributed by atoms with van der Waals surface area (Å²) < 4.78 is 5.78. The van der Waals surface area contributed by atoms with Gasteiger partial charge in [-0.05, 0) is 48.7 Å². The zero-order valence-corrected chi connectivity index (χ0v) is 10.8. The van der Waals surface area contributed by atoms with Gasteiger partial charge in [0.1, 0.15) is 12.4 Å². The van der Waals surface area contributed by atoms with Crippen molar-refractivity contribution < 1.29 is 4.74 Å². The molecule has 3 heteroatoms. The van der Waals surface area contributed by atoms with E-state index < -0.39 is 0 Å². The van der Waals surface area contributed by atoms with Gasteiger partial charge in [0.2, 0.25) is 0 Å². The van der Waals surface area contributed by atoms with Crippen LogP contribution in [-0.4, -0.2) is 4.98 Å². The van der Waals surface area contributed by atoms with Crippen LogP contribution in [0.1, 0.15) is 22.4 Å². The fraction of sp³-hybridized carbons (Fsp3) is 0.267. The summed E-state index contributed by atoms with van der Waals surface area (Å²) in [6.45, 7) is 5.06. The van der Waals surface area contributed by atoms with E-state index in [2.05, 4.69) is 24.9 Å². The monoisotopic (exact) mass is 242 g/mol. The number of nitrogens with two attached hydrogens (primary N) is 1. The van der Waals surface area contributed by atoms with Crippen LogP contribution in [0.25, 0.3) is 0 Å². The van der Waals surface area contributed by atoms with Gasteiger partial charge in [-0.2, -0.15) is 0 Å². The average molecular weight is 242 g/mol. The molecule has 18 heavy (non-hydrogen) atoms. The molecule has 0 atom stereocenters. The van der Waals surface area contributed by atoms with Gasteiger partial charge in [-0.1, -0.05) is 12.1 Å². The molecule has 0 radical (unpaired) electrons. The maximum atomic E-state index is 5.78. The summed E-state index contributed by atoms with van der Waals surface area (Å²) in [4.78, 5) is 4.30. The van der Waals surface area contributed by atoms with Crippen LogP contribution >= 0.6 is 0 Å². The topological polar surface area (TPSA) is 48.1 Å². The molecule has 0 aliphatic heterocycles. The maximum Gasteiger partial charge on any atom is 0.131 e. The van der Waals surface area contributed by atoms with Gasteiger partial charge in [-0.25, -0.2) is 0 Å². The van der Waals surface area contributed by atoms with Crippen molar-refractivity contribution >= 4 is 0 Å². The zero-order valence-electron chi connectivity index (χ0n) is 10.8. The van der Waals surface area contributed by atoms with Crippen LogP contribution in [0.4, 0.5) is 0 Å². The van der Waals surface area contributed by atoms with Crippen LogP contribution in [-0.2, 0) is 13.2 Å². The second kappa shape index (κ2) is 5.65. The first-order valence-electron chi connectivity index (χ1n) is 6.03. The Morgan fingerprint density at radius 1 is 1.17 bits per heavy atom. The van der Waals surface area contributed by atoms with Crippen LogP contribution in [0.5, 0.6) is 5.75 Å². The highest BCUT2D eigenvalue weighted by molar-refractivity contribution is 5.33. The lowest BCUT2D eigenvalue weighted by Crippen LogP contribution is -2.06. The van der Waals surface area contributed by atoms with Crippen molar-refractivity contribution in [2.24, 2.45) is 5.73 Å². The molecule has 2 N–H and O–H groups in total. The van der Waals surface area contributed by atoms with E-state index in [9.17, 15) is 0 Å². The largest absolute Gasteiger partial charge is 0.487 e. The first kappa shape index (κ1) is 12.6. The van der Waals surface area contributed by atoms with Crippen LogP contribution in [0.3, 0.4) is 0 Å². The number of ether oxygens (including phenoxy) is 1. The van der Waals surface area contributed by atoms with Gasteiger partial charge in [0.15, 0.2) is 0 Å². The Morgan fingerprint density at radius 2 is 1.89 bits per heavy atom. The van der Waals surface area contributed by atoms with Crippen molar-refractivity contribution in [2.75, 3.05) is 0 Å². The lowest BCUT2D eigenvalue weighted by molar-refractivity contribution is 0.299. The third kappa shape index (κ3) is 3.08. The Balaban J connectivity index is 2.11. The minimum atomic E-state index is 0.455. The molecule has 0 amide bonds. The highest BCUT2D eigenvalue weighted by Crippen LogP contribution is 2.18. The smallest absolute Gasteiger partial charge is 0.131 e. The molecule has 0 aliphatic carbocycles. The SMILES string of the molecule is Cc1cc(C)cc(OCc2ncccc2CN)c1. The van der Waals surface area contributed by atoms with Crippen LogP contribution < -0.4 is 10.5 Å². The van der Waals surface area contributed by atoms with Gasteiger partial charge in [0, 0.05) is 12.7 Å². The van der Waals surface area contributed by atoms with E-state index in [1.54, 1.807) is 6.20 Å². The molecule has 2 aromatic rings. The Bertz CT molecular complexity index is 518. The van der Waals surface area contributed by atoms with Gasteiger partial charge >= 0.3 is 0 Å². The molecule has 1 heterocycles. The summed E-state index contributed by atoms with van der Waals surface area (Å²) in [5, 5.41) is 0. The van der Waals surface area contributed by atoms with Crippen molar-refractivity contribution in [2.45, 2.75) is 27.0 Å². The summed E-state index contributed by atoms with van der Waals surface area (Å²) >= 11 is 0. The maximum absolute atomic E-state index is 5.78. The van der Waals surface area contributed by atoms with E-state index >= 15 is 0 Å². The molecule has 1 aromatic heterocycles. The molecule has 0 unspecified atom stereocenters. The molecule has 1 aromatic carbocycles. The molecule has 94 valence electrons. The van der Waals surface area contributed by atoms with Gasteiger partial charge in [0.25, 0.3) is 0 Å². The minimum absolute atomic E-state index is 0.455. The molecule has 2 rings (SSSR count). The lowest BCUT2D eigenvalue weighted by Gasteiger charge is -2.10. The Hall–Kier alpha value is -1.87. The van der Waals surface area contributed by atoms with E-state index in [0.717, 1.165) is 17.0 Å². The van der Waals surface area contributed by atoms with Crippen molar-refractivity contribution in [3.05, 3.63) is 58.9 Å².